The van der Waals surface area contributed by atoms with Gasteiger partial charge in [-0.05, 0) is 48.7 Å². The molecule has 0 amide bonds. The summed E-state index contributed by atoms with van der Waals surface area (Å²) in [4.78, 5) is 0. The summed E-state index contributed by atoms with van der Waals surface area (Å²) < 4.78 is 0. The number of nitrogens with one attached hydrogen (secondary N) is 1. The fourth-order valence-electron chi connectivity index (χ4n) is 3.42. The second-order valence-corrected chi connectivity index (χ2v) is 4.77. The van der Waals surface area contributed by atoms with Gasteiger partial charge in [0.05, 0.1) is 12.3 Å². The topological polar surface area (TPSA) is 24.4 Å². The molecule has 0 aromatic carbocycles. The Morgan fingerprint density at radius 3 is 3.08 bits per heavy atom. The van der Waals surface area contributed by atoms with Crippen molar-refractivity contribution in [1.29, 1.82) is 0 Å². The Labute approximate surface area is 79.1 Å². The van der Waals surface area contributed by atoms with Crippen molar-refractivity contribution in [2.24, 2.45) is 22.9 Å². The molecule has 0 aromatic rings. The third-order valence-corrected chi connectivity index (χ3v) is 3.99. The van der Waals surface area contributed by atoms with Crippen LogP contribution in [0.4, 0.5) is 0 Å². The van der Waals surface area contributed by atoms with Gasteiger partial charge in [0.2, 0.25) is 0 Å². The highest BCUT2D eigenvalue weighted by Gasteiger charge is 2.45. The Balaban J connectivity index is 2.06. The van der Waals surface area contributed by atoms with Crippen LogP contribution in [0, 0.1) is 17.8 Å². The van der Waals surface area contributed by atoms with E-state index in [0.717, 1.165) is 17.8 Å². The van der Waals surface area contributed by atoms with Crippen molar-refractivity contribution in [3.05, 3.63) is 11.1 Å². The van der Waals surface area contributed by atoms with Gasteiger partial charge in [-0.3, -0.25) is 0 Å². The number of nitrogens with zero attached hydrogens (tertiary/aromatic N) is 1. The van der Waals surface area contributed by atoms with Crippen LogP contribution in [0.2, 0.25) is 0 Å². The molecule has 4 unspecified atom stereocenters. The molecule has 2 aliphatic carbocycles. The van der Waals surface area contributed by atoms with Crippen molar-refractivity contribution in [2.45, 2.75) is 32.7 Å². The molecule has 0 spiro atoms. The summed E-state index contributed by atoms with van der Waals surface area (Å²) in [5.74, 6) is 2.59. The van der Waals surface area contributed by atoms with Gasteiger partial charge in [0.15, 0.2) is 0 Å². The summed E-state index contributed by atoms with van der Waals surface area (Å²) >= 11 is 0. The molecule has 70 valence electrons. The molecule has 0 radical (unpaired) electrons. The first kappa shape index (κ1) is 7.60. The second kappa shape index (κ2) is 2.37. The number of rotatable bonds is 0. The van der Waals surface area contributed by atoms with Crippen LogP contribution in [-0.4, -0.2) is 12.3 Å². The van der Waals surface area contributed by atoms with Gasteiger partial charge in [-0.25, -0.2) is 0 Å². The van der Waals surface area contributed by atoms with Gasteiger partial charge in [-0.2, -0.15) is 5.10 Å². The van der Waals surface area contributed by atoms with E-state index in [9.17, 15) is 0 Å². The van der Waals surface area contributed by atoms with Gasteiger partial charge in [0.1, 0.15) is 0 Å². The maximum absolute atomic E-state index is 4.21. The molecule has 0 saturated heterocycles. The van der Waals surface area contributed by atoms with E-state index in [1.54, 1.807) is 11.1 Å². The van der Waals surface area contributed by atoms with Crippen molar-refractivity contribution in [3.63, 3.8) is 0 Å². The van der Waals surface area contributed by atoms with E-state index in [0.29, 0.717) is 6.04 Å². The van der Waals surface area contributed by atoms with Gasteiger partial charge < -0.3 is 5.43 Å². The second-order valence-electron chi connectivity index (χ2n) is 4.77. The zero-order valence-corrected chi connectivity index (χ0v) is 8.25. The summed E-state index contributed by atoms with van der Waals surface area (Å²) in [7, 11) is 0. The zero-order valence-electron chi connectivity index (χ0n) is 8.25. The Kier molecular flexibility index (Phi) is 1.38. The fourth-order valence-corrected chi connectivity index (χ4v) is 3.42. The molecule has 1 saturated carbocycles. The van der Waals surface area contributed by atoms with Gasteiger partial charge in [-0.15, -0.1) is 0 Å². The Bertz CT molecular complexity index is 303. The number of hydrazone groups is 1. The lowest BCUT2D eigenvalue weighted by Gasteiger charge is -2.29. The monoisotopic (exact) mass is 176 g/mol. The van der Waals surface area contributed by atoms with Crippen molar-refractivity contribution >= 4 is 6.21 Å². The summed E-state index contributed by atoms with van der Waals surface area (Å²) in [6.45, 7) is 4.63. The number of hydrogen-bond acceptors (Lipinski definition) is 2. The Hall–Kier alpha value is -0.790. The molecule has 0 aromatic heterocycles. The standard InChI is InChI=1S/C11H16N2/c1-6-3-8-4-9(6)11-7(2)13-12-5-10(8)11/h5-9,13H,3-4H2,1-2H3. The third kappa shape index (κ3) is 0.862. The smallest absolute Gasteiger partial charge is 0.0630 e. The van der Waals surface area contributed by atoms with Gasteiger partial charge in [0, 0.05) is 0 Å². The molecule has 2 bridgehead atoms. The molecule has 1 fully saturated rings. The van der Waals surface area contributed by atoms with Gasteiger partial charge in [0.25, 0.3) is 0 Å². The first-order chi connectivity index (χ1) is 6.27. The van der Waals surface area contributed by atoms with Crippen LogP contribution in [0.3, 0.4) is 0 Å². The minimum absolute atomic E-state index is 0.484. The van der Waals surface area contributed by atoms with Crippen LogP contribution in [0.15, 0.2) is 16.2 Å². The normalized spacial score (nSPS) is 46.6. The largest absolute Gasteiger partial charge is 0.303 e. The number of fused-ring (bicyclic) bond motifs is 4. The zero-order chi connectivity index (χ0) is 9.00. The predicted octanol–water partition coefficient (Wildman–Crippen LogP) is 1.94. The lowest BCUT2D eigenvalue weighted by atomic mass is 9.81. The minimum Gasteiger partial charge on any atom is -0.303 e. The molecule has 3 rings (SSSR count). The van der Waals surface area contributed by atoms with Crippen LogP contribution in [-0.2, 0) is 0 Å². The van der Waals surface area contributed by atoms with Crippen LogP contribution in [0.25, 0.3) is 0 Å². The summed E-state index contributed by atoms with van der Waals surface area (Å²) in [6, 6.07) is 0.484. The van der Waals surface area contributed by atoms with E-state index >= 15 is 0 Å². The van der Waals surface area contributed by atoms with Crippen molar-refractivity contribution in [1.82, 2.24) is 5.43 Å². The highest BCUT2D eigenvalue weighted by Crippen LogP contribution is 2.52. The number of hydrogen-bond donors (Lipinski definition) is 1. The van der Waals surface area contributed by atoms with E-state index in [1.165, 1.54) is 12.8 Å². The third-order valence-electron chi connectivity index (χ3n) is 3.99. The van der Waals surface area contributed by atoms with Crippen molar-refractivity contribution in [3.8, 4) is 0 Å². The molecular formula is C11H16N2. The SMILES string of the molecule is CC1NN=CC2=C1C1CC2CC1C. The van der Waals surface area contributed by atoms with E-state index in [2.05, 4.69) is 30.6 Å². The van der Waals surface area contributed by atoms with E-state index in [1.807, 2.05) is 0 Å². The van der Waals surface area contributed by atoms with Crippen molar-refractivity contribution < 1.29 is 0 Å². The maximum atomic E-state index is 4.21. The van der Waals surface area contributed by atoms with Crippen LogP contribution >= 0.6 is 0 Å². The quantitative estimate of drug-likeness (QED) is 0.599. The highest BCUT2D eigenvalue weighted by molar-refractivity contribution is 5.83. The Morgan fingerprint density at radius 1 is 1.38 bits per heavy atom. The number of allylic oxidation sites excluding steroid dienone is 1. The van der Waals surface area contributed by atoms with Crippen LogP contribution < -0.4 is 5.43 Å². The first-order valence-electron chi connectivity index (χ1n) is 5.30. The average molecular weight is 176 g/mol. The predicted molar refractivity (Wildman–Crippen MR) is 53.5 cm³/mol. The Morgan fingerprint density at radius 2 is 2.23 bits per heavy atom. The van der Waals surface area contributed by atoms with Gasteiger partial charge in [-0.1, -0.05) is 6.92 Å². The summed E-state index contributed by atoms with van der Waals surface area (Å²) in [6.07, 6.45) is 4.85. The molecule has 3 aliphatic rings. The molecule has 2 nitrogen and oxygen atoms in total. The van der Waals surface area contributed by atoms with E-state index in [-0.39, 0.29) is 0 Å². The molecule has 4 atom stereocenters. The first-order valence-corrected chi connectivity index (χ1v) is 5.30. The lowest BCUT2D eigenvalue weighted by Crippen LogP contribution is -2.32. The van der Waals surface area contributed by atoms with E-state index in [4.69, 9.17) is 0 Å². The lowest BCUT2D eigenvalue weighted by molar-refractivity contribution is 0.427. The minimum atomic E-state index is 0.484. The average Bonchev–Trinajstić information content (AvgIpc) is 2.62. The molecular weight excluding hydrogens is 160 g/mol. The van der Waals surface area contributed by atoms with E-state index < -0.39 is 0 Å². The van der Waals surface area contributed by atoms with Gasteiger partial charge >= 0.3 is 0 Å². The highest BCUT2D eigenvalue weighted by atomic mass is 15.3. The van der Waals surface area contributed by atoms with Crippen LogP contribution in [0.5, 0.6) is 0 Å². The molecule has 1 N–H and O–H groups in total. The molecule has 1 heterocycles. The maximum Gasteiger partial charge on any atom is 0.0630 e. The van der Waals surface area contributed by atoms with Crippen LogP contribution in [0.1, 0.15) is 26.7 Å². The van der Waals surface area contributed by atoms with Crippen molar-refractivity contribution in [2.75, 3.05) is 0 Å². The fraction of sp³-hybridized carbons (Fsp3) is 0.727. The summed E-state index contributed by atoms with van der Waals surface area (Å²) in [5.41, 5.74) is 6.40. The molecule has 13 heavy (non-hydrogen) atoms. The molecule has 1 aliphatic heterocycles. The summed E-state index contributed by atoms with van der Waals surface area (Å²) in [5, 5.41) is 4.21. The molecule has 2 heteroatoms.